The number of para-hydroxylation sites is 1. The Balaban J connectivity index is 1.99. The molecule has 0 saturated carbocycles. The largest absolute Gasteiger partial charge is 0.317 e. The molecular weight excluding hydrogens is 250 g/mol. The Kier molecular flexibility index (Phi) is 3.10. The van der Waals surface area contributed by atoms with Gasteiger partial charge in [0.25, 0.3) is 0 Å². The predicted molar refractivity (Wildman–Crippen MR) is 84.2 cm³/mol. The van der Waals surface area contributed by atoms with Crippen molar-refractivity contribution in [2.75, 3.05) is 4.90 Å². The fourth-order valence-corrected chi connectivity index (χ4v) is 2.98. The number of benzene rings is 1. The number of hydrogen-bond donors (Lipinski definition) is 0. The quantitative estimate of drug-likeness (QED) is 0.739. The normalized spacial score (nSPS) is 14.7. The number of rotatable bonds is 2. The molecule has 0 aliphatic carbocycles. The van der Waals surface area contributed by atoms with E-state index < -0.39 is 0 Å². The molecule has 0 spiro atoms. The van der Waals surface area contributed by atoms with Gasteiger partial charge in [-0.1, -0.05) is 30.9 Å². The van der Waals surface area contributed by atoms with Gasteiger partial charge in [0.2, 0.25) is 0 Å². The van der Waals surface area contributed by atoms with Crippen LogP contribution in [0.1, 0.15) is 10.4 Å². The SMILES string of the molecule is C=C1C=CC(c2cc(C)cs2)=CN1c1ccccc1. The smallest absolute Gasteiger partial charge is 0.0455 e. The monoisotopic (exact) mass is 265 g/mol. The van der Waals surface area contributed by atoms with E-state index in [1.54, 1.807) is 11.3 Å². The van der Waals surface area contributed by atoms with Crippen LogP contribution in [-0.4, -0.2) is 0 Å². The molecule has 0 unspecified atom stereocenters. The molecule has 19 heavy (non-hydrogen) atoms. The van der Waals surface area contributed by atoms with Gasteiger partial charge in [-0.3, -0.25) is 0 Å². The number of nitrogens with zero attached hydrogens (tertiary/aromatic N) is 1. The fraction of sp³-hybridized carbons (Fsp3) is 0.0588. The van der Waals surface area contributed by atoms with Crippen LogP contribution < -0.4 is 4.90 Å². The summed E-state index contributed by atoms with van der Waals surface area (Å²) in [6.45, 7) is 6.23. The van der Waals surface area contributed by atoms with Gasteiger partial charge in [-0.15, -0.1) is 11.3 Å². The summed E-state index contributed by atoms with van der Waals surface area (Å²) >= 11 is 1.78. The Morgan fingerprint density at radius 2 is 1.89 bits per heavy atom. The highest BCUT2D eigenvalue weighted by Crippen LogP contribution is 2.31. The van der Waals surface area contributed by atoms with E-state index in [0.717, 1.165) is 11.4 Å². The highest BCUT2D eigenvalue weighted by molar-refractivity contribution is 7.11. The van der Waals surface area contributed by atoms with E-state index in [0.29, 0.717) is 0 Å². The zero-order valence-corrected chi connectivity index (χ0v) is 11.7. The van der Waals surface area contributed by atoms with Crippen LogP contribution in [0.2, 0.25) is 0 Å². The lowest BCUT2D eigenvalue weighted by Crippen LogP contribution is -2.15. The second-order valence-corrected chi connectivity index (χ2v) is 5.51. The molecule has 3 rings (SSSR count). The van der Waals surface area contributed by atoms with Gasteiger partial charge in [-0.25, -0.2) is 0 Å². The standard InChI is InChI=1S/C17H15NS/c1-13-10-17(19-12-13)15-9-8-14(2)18(11-15)16-6-4-3-5-7-16/h3-12H,2H2,1H3. The van der Waals surface area contributed by atoms with Crippen molar-refractivity contribution in [3.8, 4) is 0 Å². The number of hydrogen-bond acceptors (Lipinski definition) is 2. The third kappa shape index (κ3) is 2.40. The molecular formula is C17H15NS. The van der Waals surface area contributed by atoms with Crippen LogP contribution in [0, 0.1) is 6.92 Å². The van der Waals surface area contributed by atoms with Gasteiger partial charge in [-0.2, -0.15) is 0 Å². The van der Waals surface area contributed by atoms with Crippen LogP contribution in [0.4, 0.5) is 5.69 Å². The van der Waals surface area contributed by atoms with Crippen LogP contribution in [0.25, 0.3) is 5.57 Å². The fourth-order valence-electron chi connectivity index (χ4n) is 2.09. The lowest BCUT2D eigenvalue weighted by molar-refractivity contribution is 1.20. The van der Waals surface area contributed by atoms with Crippen LogP contribution in [0.3, 0.4) is 0 Å². The maximum Gasteiger partial charge on any atom is 0.0455 e. The van der Waals surface area contributed by atoms with Crippen molar-refractivity contribution in [2.24, 2.45) is 0 Å². The molecule has 1 aromatic heterocycles. The Morgan fingerprint density at radius 1 is 1.11 bits per heavy atom. The third-order valence-electron chi connectivity index (χ3n) is 3.08. The number of allylic oxidation sites excluding steroid dienone is 3. The minimum atomic E-state index is 0.989. The van der Waals surface area contributed by atoms with Crippen molar-refractivity contribution >= 4 is 22.6 Å². The van der Waals surface area contributed by atoms with Gasteiger partial charge in [-0.05, 0) is 42.1 Å². The van der Waals surface area contributed by atoms with Crippen LogP contribution in [-0.2, 0) is 0 Å². The average Bonchev–Trinajstić information content (AvgIpc) is 2.87. The van der Waals surface area contributed by atoms with Crippen molar-refractivity contribution in [1.29, 1.82) is 0 Å². The zero-order chi connectivity index (χ0) is 13.2. The Morgan fingerprint density at radius 3 is 2.58 bits per heavy atom. The first-order valence-corrected chi connectivity index (χ1v) is 7.10. The van der Waals surface area contributed by atoms with Gasteiger partial charge in [0, 0.05) is 28.0 Å². The van der Waals surface area contributed by atoms with E-state index in [2.05, 4.69) is 60.3 Å². The summed E-state index contributed by atoms with van der Waals surface area (Å²) in [5.74, 6) is 0. The van der Waals surface area contributed by atoms with Gasteiger partial charge in [0.1, 0.15) is 0 Å². The highest BCUT2D eigenvalue weighted by atomic mass is 32.1. The van der Waals surface area contributed by atoms with Crippen molar-refractivity contribution in [3.63, 3.8) is 0 Å². The minimum Gasteiger partial charge on any atom is -0.317 e. The van der Waals surface area contributed by atoms with Crippen molar-refractivity contribution < 1.29 is 0 Å². The molecule has 2 heteroatoms. The number of aryl methyl sites for hydroxylation is 1. The molecule has 1 aliphatic rings. The van der Waals surface area contributed by atoms with Crippen LogP contribution in [0.15, 0.2) is 72.4 Å². The van der Waals surface area contributed by atoms with Crippen molar-refractivity contribution in [3.05, 3.63) is 82.8 Å². The Bertz CT molecular complexity index is 662. The summed E-state index contributed by atoms with van der Waals surface area (Å²) in [6, 6.07) is 12.5. The summed E-state index contributed by atoms with van der Waals surface area (Å²) in [6.07, 6.45) is 6.35. The topological polar surface area (TPSA) is 3.24 Å². The highest BCUT2D eigenvalue weighted by Gasteiger charge is 2.12. The molecule has 0 atom stereocenters. The molecule has 0 amide bonds. The van der Waals surface area contributed by atoms with E-state index in [4.69, 9.17) is 0 Å². The van der Waals surface area contributed by atoms with E-state index >= 15 is 0 Å². The molecule has 0 N–H and O–H groups in total. The van der Waals surface area contributed by atoms with Crippen molar-refractivity contribution in [2.45, 2.75) is 6.92 Å². The molecule has 0 bridgehead atoms. The minimum absolute atomic E-state index is 0.989. The number of anilines is 1. The van der Waals surface area contributed by atoms with Crippen molar-refractivity contribution in [1.82, 2.24) is 0 Å². The second-order valence-electron chi connectivity index (χ2n) is 4.60. The molecule has 1 aliphatic heterocycles. The average molecular weight is 265 g/mol. The summed E-state index contributed by atoms with van der Waals surface area (Å²) in [5, 5.41) is 2.18. The molecule has 0 saturated heterocycles. The van der Waals surface area contributed by atoms with E-state index in [1.807, 2.05) is 18.2 Å². The molecule has 0 radical (unpaired) electrons. The summed E-state index contributed by atoms with van der Waals surface area (Å²) < 4.78 is 0. The first-order valence-electron chi connectivity index (χ1n) is 6.22. The summed E-state index contributed by atoms with van der Waals surface area (Å²) in [5.41, 5.74) is 4.67. The molecule has 1 nitrogen and oxygen atoms in total. The second kappa shape index (κ2) is 4.90. The van der Waals surface area contributed by atoms with Gasteiger partial charge in [0.15, 0.2) is 0 Å². The first-order chi connectivity index (χ1) is 9.24. The third-order valence-corrected chi connectivity index (χ3v) is 4.18. The lowest BCUT2D eigenvalue weighted by atomic mass is 10.1. The van der Waals surface area contributed by atoms with E-state index in [1.165, 1.54) is 16.0 Å². The summed E-state index contributed by atoms with van der Waals surface area (Å²) in [7, 11) is 0. The molecule has 2 aromatic rings. The molecule has 94 valence electrons. The Hall–Kier alpha value is -2.06. The van der Waals surface area contributed by atoms with Gasteiger partial charge >= 0.3 is 0 Å². The van der Waals surface area contributed by atoms with Crippen LogP contribution >= 0.6 is 11.3 Å². The lowest BCUT2D eigenvalue weighted by Gasteiger charge is -2.25. The molecule has 2 heterocycles. The van der Waals surface area contributed by atoms with E-state index in [9.17, 15) is 0 Å². The number of thiophene rings is 1. The first kappa shape index (κ1) is 12.0. The van der Waals surface area contributed by atoms with E-state index in [-0.39, 0.29) is 0 Å². The van der Waals surface area contributed by atoms with Crippen LogP contribution in [0.5, 0.6) is 0 Å². The summed E-state index contributed by atoms with van der Waals surface area (Å²) in [4.78, 5) is 3.42. The molecule has 0 fully saturated rings. The maximum atomic E-state index is 4.10. The Labute approximate surface area is 117 Å². The zero-order valence-electron chi connectivity index (χ0n) is 10.8. The predicted octanol–water partition coefficient (Wildman–Crippen LogP) is 4.99. The van der Waals surface area contributed by atoms with Gasteiger partial charge < -0.3 is 4.90 Å². The maximum absolute atomic E-state index is 4.10. The molecule has 1 aromatic carbocycles. The van der Waals surface area contributed by atoms with Gasteiger partial charge in [0.05, 0.1) is 0 Å².